The number of methoxy groups -OCH3 is 1. The van der Waals surface area contributed by atoms with E-state index in [4.69, 9.17) is 4.74 Å². The van der Waals surface area contributed by atoms with E-state index in [0.29, 0.717) is 36.5 Å². The lowest BCUT2D eigenvalue weighted by molar-refractivity contribution is -0.126. The molecule has 0 atom stereocenters. The molecule has 184 valence electrons. The van der Waals surface area contributed by atoms with Crippen molar-refractivity contribution >= 4 is 21.6 Å². The molecular formula is C26H35N3O4S. The lowest BCUT2D eigenvalue weighted by atomic mass is 9.95. The van der Waals surface area contributed by atoms with Crippen molar-refractivity contribution in [2.45, 2.75) is 59.3 Å². The lowest BCUT2D eigenvalue weighted by Crippen LogP contribution is -2.42. The number of ether oxygens (including phenoxy) is 1. The van der Waals surface area contributed by atoms with Crippen LogP contribution < -0.4 is 10.2 Å². The molecule has 0 spiro atoms. The molecule has 1 aliphatic heterocycles. The molecule has 0 unspecified atom stereocenters. The fourth-order valence-electron chi connectivity index (χ4n) is 4.48. The number of benzene rings is 2. The van der Waals surface area contributed by atoms with Crippen molar-refractivity contribution in [3.8, 4) is 5.75 Å². The average Bonchev–Trinajstić information content (AvgIpc) is 2.84. The molecule has 34 heavy (non-hydrogen) atoms. The summed E-state index contributed by atoms with van der Waals surface area (Å²) in [7, 11) is -2.04. The van der Waals surface area contributed by atoms with Gasteiger partial charge in [-0.25, -0.2) is 13.8 Å². The second kappa shape index (κ2) is 10.3. The fourth-order valence-corrected chi connectivity index (χ4v) is 6.51. The van der Waals surface area contributed by atoms with E-state index >= 15 is 0 Å². The number of sulfonamides is 1. The Balaban J connectivity index is 1.69. The number of nitrogens with zero attached hydrogens (tertiary/aromatic N) is 2. The molecule has 0 aliphatic carbocycles. The Kier molecular flexibility index (Phi) is 7.83. The second-order valence-electron chi connectivity index (χ2n) is 9.04. The highest BCUT2D eigenvalue weighted by molar-refractivity contribution is 7.89. The molecular weight excluding hydrogens is 450 g/mol. The average molecular weight is 486 g/mol. The minimum atomic E-state index is -3.64. The molecule has 0 bridgehead atoms. The molecule has 1 saturated heterocycles. The summed E-state index contributed by atoms with van der Waals surface area (Å²) >= 11 is 0. The van der Waals surface area contributed by atoms with Crippen LogP contribution in [0.3, 0.4) is 0 Å². The molecule has 0 aromatic heterocycles. The first-order valence-electron chi connectivity index (χ1n) is 11.5. The molecule has 0 saturated carbocycles. The number of hydrogen-bond donors (Lipinski definition) is 1. The van der Waals surface area contributed by atoms with Crippen LogP contribution in [0.2, 0.25) is 0 Å². The van der Waals surface area contributed by atoms with Crippen molar-refractivity contribution in [1.82, 2.24) is 9.73 Å². The van der Waals surface area contributed by atoms with E-state index in [0.717, 1.165) is 39.1 Å². The smallest absolute Gasteiger partial charge is 0.243 e. The molecule has 1 aliphatic rings. The molecule has 1 N–H and O–H groups in total. The molecule has 2 aromatic carbocycles. The van der Waals surface area contributed by atoms with Gasteiger partial charge in [0, 0.05) is 24.6 Å². The zero-order chi connectivity index (χ0) is 25.2. The van der Waals surface area contributed by atoms with E-state index in [2.05, 4.69) is 10.5 Å². The van der Waals surface area contributed by atoms with E-state index in [1.165, 1.54) is 4.31 Å². The summed E-state index contributed by atoms with van der Waals surface area (Å²) in [6.45, 7) is 12.2. The number of rotatable bonds is 6. The molecule has 7 nitrogen and oxygen atoms in total. The van der Waals surface area contributed by atoms with Gasteiger partial charge in [0.1, 0.15) is 5.75 Å². The summed E-state index contributed by atoms with van der Waals surface area (Å²) in [5.41, 5.74) is 8.96. The monoisotopic (exact) mass is 485 g/mol. The third kappa shape index (κ3) is 5.03. The van der Waals surface area contributed by atoms with Crippen LogP contribution in [-0.4, -0.2) is 44.5 Å². The van der Waals surface area contributed by atoms with Gasteiger partial charge in [0.2, 0.25) is 15.9 Å². The van der Waals surface area contributed by atoms with E-state index in [1.807, 2.05) is 65.8 Å². The summed E-state index contributed by atoms with van der Waals surface area (Å²) in [6, 6.07) is 7.47. The second-order valence-corrected chi connectivity index (χ2v) is 10.9. The van der Waals surface area contributed by atoms with E-state index in [-0.39, 0.29) is 11.8 Å². The first kappa shape index (κ1) is 25.9. The highest BCUT2D eigenvalue weighted by Crippen LogP contribution is 2.33. The Labute approximate surface area is 203 Å². The Bertz CT molecular complexity index is 1200. The Morgan fingerprint density at radius 3 is 2.12 bits per heavy atom. The van der Waals surface area contributed by atoms with Crippen molar-refractivity contribution in [2.24, 2.45) is 11.0 Å². The van der Waals surface area contributed by atoms with Crippen molar-refractivity contribution in [2.75, 3.05) is 20.2 Å². The molecule has 0 radical (unpaired) electrons. The highest BCUT2D eigenvalue weighted by atomic mass is 32.2. The zero-order valence-electron chi connectivity index (χ0n) is 21.2. The number of carbonyl (C=O) groups is 1. The lowest BCUT2D eigenvalue weighted by Gasteiger charge is -2.31. The first-order valence-corrected chi connectivity index (χ1v) is 13.0. The molecule has 1 amide bonds. The van der Waals surface area contributed by atoms with Crippen molar-refractivity contribution in [3.05, 3.63) is 57.6 Å². The third-order valence-electron chi connectivity index (χ3n) is 7.18. The maximum Gasteiger partial charge on any atom is 0.243 e. The fraction of sp³-hybridized carbons (Fsp3) is 0.462. The third-order valence-corrected chi connectivity index (χ3v) is 9.35. The standard InChI is InChI=1S/C26H35N3O4S/c1-16-17(2)19(4)25(20(5)18(16)3)34(31,32)29-13-11-22(12-14-29)26(30)28-27-21(6)23-9-8-10-24(15-23)33-7/h8-10,15,22H,11-14H2,1-7H3,(H,28,30)/b27-21+. The topological polar surface area (TPSA) is 88.1 Å². The van der Waals surface area contributed by atoms with Gasteiger partial charge < -0.3 is 4.74 Å². The van der Waals surface area contributed by atoms with E-state index in [9.17, 15) is 13.2 Å². The Hall–Kier alpha value is -2.71. The summed E-state index contributed by atoms with van der Waals surface area (Å²) in [6.07, 6.45) is 0.918. The van der Waals surface area contributed by atoms with Crippen molar-refractivity contribution in [3.63, 3.8) is 0 Å². The largest absolute Gasteiger partial charge is 0.497 e. The normalized spacial score (nSPS) is 15.9. The predicted molar refractivity (Wildman–Crippen MR) is 135 cm³/mol. The maximum atomic E-state index is 13.5. The predicted octanol–water partition coefficient (Wildman–Crippen LogP) is 4.18. The van der Waals surface area contributed by atoms with Gasteiger partial charge in [0.25, 0.3) is 0 Å². The SMILES string of the molecule is COc1cccc(/C(C)=N/NC(=O)C2CCN(S(=O)(=O)c3c(C)c(C)c(C)c(C)c3C)CC2)c1. The number of carbonyl (C=O) groups excluding carboxylic acids is 1. The van der Waals surface area contributed by atoms with E-state index in [1.54, 1.807) is 7.11 Å². The number of hydrazone groups is 1. The van der Waals surface area contributed by atoms with Crippen LogP contribution in [0.15, 0.2) is 34.3 Å². The number of hydrogen-bond acceptors (Lipinski definition) is 5. The van der Waals surface area contributed by atoms with E-state index < -0.39 is 10.0 Å². The quantitative estimate of drug-likeness (QED) is 0.491. The highest BCUT2D eigenvalue weighted by Gasteiger charge is 2.34. The number of piperidine rings is 1. The summed E-state index contributed by atoms with van der Waals surface area (Å²) in [4.78, 5) is 13.1. The Morgan fingerprint density at radius 2 is 1.56 bits per heavy atom. The summed E-state index contributed by atoms with van der Waals surface area (Å²) < 4.78 is 33.8. The van der Waals surface area contributed by atoms with Gasteiger partial charge in [0.05, 0.1) is 17.7 Å². The van der Waals surface area contributed by atoms with Crippen LogP contribution in [-0.2, 0) is 14.8 Å². The van der Waals surface area contributed by atoms with Gasteiger partial charge in [-0.05, 0) is 94.3 Å². The Morgan fingerprint density at radius 1 is 1.00 bits per heavy atom. The maximum absolute atomic E-state index is 13.5. The summed E-state index contributed by atoms with van der Waals surface area (Å²) in [5.74, 6) is 0.252. The van der Waals surface area contributed by atoms with Crippen LogP contribution in [0, 0.1) is 40.5 Å². The zero-order valence-corrected chi connectivity index (χ0v) is 22.0. The molecule has 1 heterocycles. The molecule has 3 rings (SSSR count). The minimum Gasteiger partial charge on any atom is -0.497 e. The van der Waals surface area contributed by atoms with Crippen molar-refractivity contribution in [1.29, 1.82) is 0 Å². The van der Waals surface area contributed by atoms with Crippen LogP contribution in [0.4, 0.5) is 0 Å². The van der Waals surface area contributed by atoms with Gasteiger partial charge in [-0.15, -0.1) is 0 Å². The van der Waals surface area contributed by atoms with Crippen LogP contribution in [0.5, 0.6) is 5.75 Å². The number of amides is 1. The first-order chi connectivity index (χ1) is 16.0. The van der Waals surface area contributed by atoms with Gasteiger partial charge in [-0.1, -0.05) is 12.1 Å². The van der Waals surface area contributed by atoms with Gasteiger partial charge >= 0.3 is 0 Å². The van der Waals surface area contributed by atoms with Crippen LogP contribution >= 0.6 is 0 Å². The summed E-state index contributed by atoms with van der Waals surface area (Å²) in [5, 5.41) is 4.24. The molecule has 8 heteroatoms. The van der Waals surface area contributed by atoms with Gasteiger partial charge in [0.15, 0.2) is 0 Å². The number of nitrogens with one attached hydrogen (secondary N) is 1. The van der Waals surface area contributed by atoms with Gasteiger partial charge in [-0.2, -0.15) is 9.41 Å². The van der Waals surface area contributed by atoms with Crippen LogP contribution in [0.25, 0.3) is 0 Å². The van der Waals surface area contributed by atoms with Crippen LogP contribution in [0.1, 0.15) is 53.1 Å². The van der Waals surface area contributed by atoms with Gasteiger partial charge in [-0.3, -0.25) is 4.79 Å². The molecule has 1 fully saturated rings. The van der Waals surface area contributed by atoms with Crippen molar-refractivity contribution < 1.29 is 17.9 Å². The minimum absolute atomic E-state index is 0.186. The molecule has 2 aromatic rings.